The van der Waals surface area contributed by atoms with E-state index in [9.17, 15) is 0 Å². The molecule has 0 heterocycles. The summed E-state index contributed by atoms with van der Waals surface area (Å²) < 4.78 is 0. The summed E-state index contributed by atoms with van der Waals surface area (Å²) in [6.45, 7) is 2.32. The number of aryl methyl sites for hydroxylation is 1. The Labute approximate surface area is 117 Å². The van der Waals surface area contributed by atoms with E-state index >= 15 is 0 Å². The van der Waals surface area contributed by atoms with Crippen LogP contribution >= 0.6 is 11.6 Å². The van der Waals surface area contributed by atoms with Gasteiger partial charge in [0.2, 0.25) is 0 Å². The molecule has 1 aromatic rings. The van der Waals surface area contributed by atoms with Crippen LogP contribution in [0.2, 0.25) is 0 Å². The third-order valence-corrected chi connectivity index (χ3v) is 5.03. The highest BCUT2D eigenvalue weighted by atomic mass is 35.5. The van der Waals surface area contributed by atoms with E-state index in [2.05, 4.69) is 37.3 Å². The monoisotopic (exact) mass is 264 g/mol. The van der Waals surface area contributed by atoms with Gasteiger partial charge in [-0.05, 0) is 55.9 Å². The highest BCUT2D eigenvalue weighted by Crippen LogP contribution is 2.36. The Bertz CT molecular complexity index is 333. The Balaban J connectivity index is 1.75. The van der Waals surface area contributed by atoms with E-state index in [1.807, 2.05) is 0 Å². The lowest BCUT2D eigenvalue weighted by Gasteiger charge is -2.32. The molecular weight excluding hydrogens is 240 g/mol. The van der Waals surface area contributed by atoms with Crippen molar-refractivity contribution in [3.05, 3.63) is 35.9 Å². The third-order valence-electron chi connectivity index (χ3n) is 4.46. The van der Waals surface area contributed by atoms with Crippen molar-refractivity contribution in [2.24, 2.45) is 11.8 Å². The predicted octanol–water partition coefficient (Wildman–Crippen LogP) is 5.44. The second-order valence-electron chi connectivity index (χ2n) is 5.74. The number of benzene rings is 1. The minimum absolute atomic E-state index is 0.434. The summed E-state index contributed by atoms with van der Waals surface area (Å²) in [5, 5.41) is 0.434. The van der Waals surface area contributed by atoms with Crippen LogP contribution < -0.4 is 0 Å². The van der Waals surface area contributed by atoms with Gasteiger partial charge in [0.1, 0.15) is 0 Å². The average molecular weight is 265 g/mol. The molecule has 0 aliphatic heterocycles. The summed E-state index contributed by atoms with van der Waals surface area (Å²) in [5.74, 6) is 1.69. The molecule has 0 nitrogen and oxygen atoms in total. The lowest BCUT2D eigenvalue weighted by atomic mass is 9.77. The SMILES string of the molecule is CCC1CCC(Cl)C(CCCc2ccccc2)C1. The van der Waals surface area contributed by atoms with Gasteiger partial charge >= 0.3 is 0 Å². The summed E-state index contributed by atoms with van der Waals surface area (Å²) in [6.07, 6.45) is 9.07. The number of alkyl halides is 1. The maximum atomic E-state index is 6.49. The quantitative estimate of drug-likeness (QED) is 0.621. The molecule has 1 heteroatoms. The first kappa shape index (κ1) is 13.9. The molecule has 1 saturated carbocycles. The molecule has 0 amide bonds. The number of hydrogen-bond donors (Lipinski definition) is 0. The molecule has 3 unspecified atom stereocenters. The van der Waals surface area contributed by atoms with Crippen molar-refractivity contribution in [3.8, 4) is 0 Å². The molecule has 0 spiro atoms. The molecule has 0 saturated heterocycles. The molecular formula is C17H25Cl. The van der Waals surface area contributed by atoms with E-state index in [1.54, 1.807) is 0 Å². The summed E-state index contributed by atoms with van der Waals surface area (Å²) in [7, 11) is 0. The number of rotatable bonds is 5. The van der Waals surface area contributed by atoms with Gasteiger partial charge in [0, 0.05) is 5.38 Å². The van der Waals surface area contributed by atoms with Crippen LogP contribution in [0.4, 0.5) is 0 Å². The molecule has 0 bridgehead atoms. The van der Waals surface area contributed by atoms with Gasteiger partial charge in [0.25, 0.3) is 0 Å². The normalized spacial score (nSPS) is 28.2. The molecule has 1 aliphatic carbocycles. The van der Waals surface area contributed by atoms with Crippen LogP contribution in [0.5, 0.6) is 0 Å². The fraction of sp³-hybridized carbons (Fsp3) is 0.647. The number of hydrogen-bond acceptors (Lipinski definition) is 0. The Morgan fingerprint density at radius 3 is 2.67 bits per heavy atom. The molecule has 0 aromatic heterocycles. The topological polar surface area (TPSA) is 0 Å². The predicted molar refractivity (Wildman–Crippen MR) is 80.1 cm³/mol. The molecule has 1 aliphatic rings. The van der Waals surface area contributed by atoms with Gasteiger partial charge in [-0.1, -0.05) is 43.7 Å². The minimum atomic E-state index is 0.434. The van der Waals surface area contributed by atoms with Crippen LogP contribution in [0.1, 0.15) is 51.0 Å². The van der Waals surface area contributed by atoms with Crippen LogP contribution in [0.3, 0.4) is 0 Å². The molecule has 1 aromatic carbocycles. The standard InChI is InChI=1S/C17H25Cl/c1-2-14-11-12-17(18)16(13-14)10-6-9-15-7-4-3-5-8-15/h3-5,7-8,14,16-17H,2,6,9-13H2,1H3. The Kier molecular flexibility index (Phi) is 5.56. The van der Waals surface area contributed by atoms with Gasteiger partial charge in [-0.2, -0.15) is 0 Å². The van der Waals surface area contributed by atoms with E-state index in [4.69, 9.17) is 11.6 Å². The first-order valence-corrected chi connectivity index (χ1v) is 7.91. The lowest BCUT2D eigenvalue weighted by molar-refractivity contribution is 0.251. The zero-order chi connectivity index (χ0) is 12.8. The zero-order valence-electron chi connectivity index (χ0n) is 11.4. The highest BCUT2D eigenvalue weighted by molar-refractivity contribution is 6.20. The van der Waals surface area contributed by atoms with Crippen molar-refractivity contribution >= 4 is 11.6 Å². The Hall–Kier alpha value is -0.490. The van der Waals surface area contributed by atoms with Crippen LogP contribution in [0.25, 0.3) is 0 Å². The molecule has 3 atom stereocenters. The van der Waals surface area contributed by atoms with Crippen LogP contribution in [0, 0.1) is 11.8 Å². The van der Waals surface area contributed by atoms with Crippen molar-refractivity contribution in [3.63, 3.8) is 0 Å². The van der Waals surface area contributed by atoms with Crippen molar-refractivity contribution in [2.45, 2.75) is 57.2 Å². The smallest absolute Gasteiger partial charge is 0.0364 e. The zero-order valence-corrected chi connectivity index (χ0v) is 12.2. The summed E-state index contributed by atoms with van der Waals surface area (Å²) in [6, 6.07) is 10.8. The minimum Gasteiger partial charge on any atom is -0.123 e. The first-order chi connectivity index (χ1) is 8.79. The van der Waals surface area contributed by atoms with E-state index in [-0.39, 0.29) is 0 Å². The third kappa shape index (κ3) is 4.02. The van der Waals surface area contributed by atoms with E-state index in [0.29, 0.717) is 5.38 Å². The van der Waals surface area contributed by atoms with E-state index in [0.717, 1.165) is 11.8 Å². The van der Waals surface area contributed by atoms with Crippen LogP contribution in [0.15, 0.2) is 30.3 Å². The van der Waals surface area contributed by atoms with Gasteiger partial charge in [0.15, 0.2) is 0 Å². The molecule has 18 heavy (non-hydrogen) atoms. The Morgan fingerprint density at radius 2 is 1.94 bits per heavy atom. The van der Waals surface area contributed by atoms with Crippen LogP contribution in [-0.2, 0) is 6.42 Å². The van der Waals surface area contributed by atoms with Gasteiger partial charge in [0.05, 0.1) is 0 Å². The number of halogens is 1. The molecule has 1 fully saturated rings. The summed E-state index contributed by atoms with van der Waals surface area (Å²) in [4.78, 5) is 0. The largest absolute Gasteiger partial charge is 0.123 e. The maximum Gasteiger partial charge on any atom is 0.0364 e. The lowest BCUT2D eigenvalue weighted by Crippen LogP contribution is -2.25. The van der Waals surface area contributed by atoms with Crippen LogP contribution in [-0.4, -0.2) is 5.38 Å². The van der Waals surface area contributed by atoms with E-state index in [1.165, 1.54) is 50.5 Å². The molecule has 0 N–H and O–H groups in total. The maximum absolute atomic E-state index is 6.49. The van der Waals surface area contributed by atoms with Crippen molar-refractivity contribution in [2.75, 3.05) is 0 Å². The Morgan fingerprint density at radius 1 is 1.17 bits per heavy atom. The van der Waals surface area contributed by atoms with Crippen molar-refractivity contribution in [1.29, 1.82) is 0 Å². The highest BCUT2D eigenvalue weighted by Gasteiger charge is 2.27. The van der Waals surface area contributed by atoms with Crippen molar-refractivity contribution in [1.82, 2.24) is 0 Å². The van der Waals surface area contributed by atoms with Crippen molar-refractivity contribution < 1.29 is 0 Å². The van der Waals surface area contributed by atoms with Gasteiger partial charge in [-0.25, -0.2) is 0 Å². The second kappa shape index (κ2) is 7.19. The van der Waals surface area contributed by atoms with Gasteiger partial charge < -0.3 is 0 Å². The fourth-order valence-corrected chi connectivity index (χ4v) is 3.56. The van der Waals surface area contributed by atoms with E-state index < -0.39 is 0 Å². The molecule has 2 rings (SSSR count). The fourth-order valence-electron chi connectivity index (χ4n) is 3.21. The summed E-state index contributed by atoms with van der Waals surface area (Å²) >= 11 is 6.49. The second-order valence-corrected chi connectivity index (χ2v) is 6.30. The van der Waals surface area contributed by atoms with Gasteiger partial charge in [-0.3, -0.25) is 0 Å². The average Bonchev–Trinajstić information content (AvgIpc) is 2.42. The molecule has 100 valence electrons. The first-order valence-electron chi connectivity index (χ1n) is 7.47. The van der Waals surface area contributed by atoms with Gasteiger partial charge in [-0.15, -0.1) is 11.6 Å². The summed E-state index contributed by atoms with van der Waals surface area (Å²) in [5.41, 5.74) is 1.46. The molecule has 0 radical (unpaired) electrons.